The van der Waals surface area contributed by atoms with Gasteiger partial charge in [0.15, 0.2) is 5.78 Å². The summed E-state index contributed by atoms with van der Waals surface area (Å²) in [6, 6.07) is 5.16. The first-order valence-electron chi connectivity index (χ1n) is 6.74. The van der Waals surface area contributed by atoms with E-state index in [0.29, 0.717) is 11.3 Å². The van der Waals surface area contributed by atoms with E-state index in [9.17, 15) is 18.0 Å². The van der Waals surface area contributed by atoms with Crippen molar-refractivity contribution >= 4 is 5.78 Å². The molecule has 0 aromatic heterocycles. The van der Waals surface area contributed by atoms with Gasteiger partial charge in [-0.25, -0.2) is 0 Å². The van der Waals surface area contributed by atoms with E-state index in [-0.39, 0.29) is 25.9 Å². The third-order valence-electron chi connectivity index (χ3n) is 4.02. The maximum atomic E-state index is 13.3. The number of nitrogens with one attached hydrogen (secondary N) is 1. The molecule has 0 aliphatic carbocycles. The van der Waals surface area contributed by atoms with Crippen LogP contribution in [0.3, 0.4) is 0 Å². The van der Waals surface area contributed by atoms with Crippen molar-refractivity contribution < 1.29 is 22.7 Å². The van der Waals surface area contributed by atoms with Crippen molar-refractivity contribution in [1.82, 2.24) is 5.32 Å². The average molecular weight is 301 g/mol. The number of methoxy groups -OCH3 is 1. The molecular weight excluding hydrogens is 283 g/mol. The second-order valence-electron chi connectivity index (χ2n) is 5.42. The van der Waals surface area contributed by atoms with Crippen LogP contribution in [0.4, 0.5) is 13.2 Å². The molecule has 116 valence electrons. The molecule has 2 rings (SSSR count). The van der Waals surface area contributed by atoms with E-state index in [1.807, 2.05) is 6.92 Å². The van der Waals surface area contributed by atoms with Crippen LogP contribution in [0.1, 0.15) is 17.5 Å². The molecule has 1 aromatic carbocycles. The Hall–Kier alpha value is -1.56. The van der Waals surface area contributed by atoms with E-state index in [4.69, 9.17) is 4.74 Å². The second-order valence-corrected chi connectivity index (χ2v) is 5.42. The molecule has 1 heterocycles. The van der Waals surface area contributed by atoms with Crippen LogP contribution >= 0.6 is 0 Å². The lowest BCUT2D eigenvalue weighted by Crippen LogP contribution is -2.47. The number of carbonyl (C=O) groups excluding carboxylic acids is 1. The highest BCUT2D eigenvalue weighted by atomic mass is 19.4. The number of benzene rings is 1. The summed E-state index contributed by atoms with van der Waals surface area (Å²) in [7, 11) is 1.44. The van der Waals surface area contributed by atoms with E-state index in [0.717, 1.165) is 5.56 Å². The Bertz CT molecular complexity index is 534. The molecular formula is C15H18F3NO2. The highest BCUT2D eigenvalue weighted by Gasteiger charge is 2.60. The SMILES string of the molecule is COc1ccc(C)cc1CC(=O)C1(C(F)(F)F)CCNC1. The largest absolute Gasteiger partial charge is 0.496 e. The number of ketones is 1. The molecule has 1 N–H and O–H groups in total. The van der Waals surface area contributed by atoms with Crippen molar-refractivity contribution in [2.45, 2.75) is 25.9 Å². The third-order valence-corrected chi connectivity index (χ3v) is 4.02. The number of rotatable bonds is 4. The molecule has 1 atom stereocenters. The van der Waals surface area contributed by atoms with E-state index in [2.05, 4.69) is 5.32 Å². The molecule has 1 saturated heterocycles. The van der Waals surface area contributed by atoms with Crippen LogP contribution in [-0.4, -0.2) is 32.2 Å². The van der Waals surface area contributed by atoms with Crippen LogP contribution in [0.25, 0.3) is 0 Å². The first-order valence-corrected chi connectivity index (χ1v) is 6.74. The molecule has 0 amide bonds. The molecule has 0 radical (unpaired) electrons. The van der Waals surface area contributed by atoms with Crippen LogP contribution in [0.2, 0.25) is 0 Å². The van der Waals surface area contributed by atoms with Crippen molar-refractivity contribution in [2.75, 3.05) is 20.2 Å². The molecule has 1 unspecified atom stereocenters. The normalized spacial score (nSPS) is 22.3. The van der Waals surface area contributed by atoms with E-state index < -0.39 is 17.4 Å². The summed E-state index contributed by atoms with van der Waals surface area (Å²) < 4.78 is 45.1. The third kappa shape index (κ3) is 2.90. The smallest absolute Gasteiger partial charge is 0.402 e. The van der Waals surface area contributed by atoms with Crippen LogP contribution in [-0.2, 0) is 11.2 Å². The molecule has 0 spiro atoms. The standard InChI is InChI=1S/C15H18F3NO2/c1-10-3-4-12(21-2)11(7-10)8-13(20)14(15(16,17)18)5-6-19-9-14/h3-4,7,19H,5-6,8-9H2,1-2H3. The highest BCUT2D eigenvalue weighted by Crippen LogP contribution is 2.44. The molecule has 1 aromatic rings. The minimum Gasteiger partial charge on any atom is -0.496 e. The van der Waals surface area contributed by atoms with Crippen molar-refractivity contribution in [3.8, 4) is 5.75 Å². The zero-order chi connectivity index (χ0) is 15.7. The van der Waals surface area contributed by atoms with Gasteiger partial charge in [-0.2, -0.15) is 13.2 Å². The van der Waals surface area contributed by atoms with E-state index in [1.165, 1.54) is 7.11 Å². The van der Waals surface area contributed by atoms with Gasteiger partial charge in [-0.3, -0.25) is 4.79 Å². The second kappa shape index (κ2) is 5.67. The lowest BCUT2D eigenvalue weighted by Gasteiger charge is -2.29. The molecule has 0 saturated carbocycles. The molecule has 6 heteroatoms. The number of ether oxygens (including phenoxy) is 1. The summed E-state index contributed by atoms with van der Waals surface area (Å²) in [4.78, 5) is 12.3. The van der Waals surface area contributed by atoms with E-state index >= 15 is 0 Å². The number of Topliss-reactive ketones (excluding diaryl/α,β-unsaturated/α-hetero) is 1. The van der Waals surface area contributed by atoms with Crippen molar-refractivity contribution in [3.63, 3.8) is 0 Å². The predicted octanol–water partition coefficient (Wildman–Crippen LogP) is 2.66. The minimum absolute atomic E-state index is 0.205. The number of carbonyl (C=O) groups is 1. The summed E-state index contributed by atoms with van der Waals surface area (Å²) in [5, 5.41) is 2.65. The van der Waals surface area contributed by atoms with E-state index in [1.54, 1.807) is 18.2 Å². The predicted molar refractivity (Wildman–Crippen MR) is 72.4 cm³/mol. The Morgan fingerprint density at radius 1 is 1.43 bits per heavy atom. The Morgan fingerprint density at radius 3 is 2.67 bits per heavy atom. The summed E-state index contributed by atoms with van der Waals surface area (Å²) >= 11 is 0. The first-order chi connectivity index (χ1) is 9.80. The maximum absolute atomic E-state index is 13.3. The summed E-state index contributed by atoms with van der Waals surface area (Å²) in [5.41, 5.74) is -0.899. The fourth-order valence-corrected chi connectivity index (χ4v) is 2.72. The molecule has 1 fully saturated rings. The van der Waals surface area contributed by atoms with Gasteiger partial charge in [-0.05, 0) is 26.0 Å². The molecule has 3 nitrogen and oxygen atoms in total. The monoisotopic (exact) mass is 301 g/mol. The zero-order valence-corrected chi connectivity index (χ0v) is 12.0. The van der Waals surface area contributed by atoms with Gasteiger partial charge >= 0.3 is 6.18 Å². The number of hydrogen-bond donors (Lipinski definition) is 1. The highest BCUT2D eigenvalue weighted by molar-refractivity contribution is 5.88. The summed E-state index contributed by atoms with van der Waals surface area (Å²) in [5.74, 6) is -0.360. The fraction of sp³-hybridized carbons (Fsp3) is 0.533. The lowest BCUT2D eigenvalue weighted by molar-refractivity contribution is -0.214. The summed E-state index contributed by atoms with van der Waals surface area (Å²) in [6.07, 6.45) is -5.01. The van der Waals surface area contributed by atoms with Crippen LogP contribution in [0, 0.1) is 12.3 Å². The Morgan fingerprint density at radius 2 is 2.14 bits per heavy atom. The van der Waals surface area contributed by atoms with Gasteiger partial charge in [-0.1, -0.05) is 17.7 Å². The van der Waals surface area contributed by atoms with Crippen LogP contribution in [0.15, 0.2) is 18.2 Å². The zero-order valence-electron chi connectivity index (χ0n) is 12.0. The number of aryl methyl sites for hydroxylation is 1. The topological polar surface area (TPSA) is 38.3 Å². The van der Waals surface area contributed by atoms with Gasteiger partial charge in [0.1, 0.15) is 11.2 Å². The van der Waals surface area contributed by atoms with Gasteiger partial charge in [0.25, 0.3) is 0 Å². The van der Waals surface area contributed by atoms with Crippen LogP contribution in [0.5, 0.6) is 5.75 Å². The Labute approximate surface area is 121 Å². The average Bonchev–Trinajstić information content (AvgIpc) is 2.89. The van der Waals surface area contributed by atoms with Gasteiger partial charge in [-0.15, -0.1) is 0 Å². The summed E-state index contributed by atoms with van der Waals surface area (Å²) in [6.45, 7) is 1.68. The van der Waals surface area contributed by atoms with Gasteiger partial charge in [0, 0.05) is 18.5 Å². The van der Waals surface area contributed by atoms with Crippen molar-refractivity contribution in [2.24, 2.45) is 5.41 Å². The minimum atomic E-state index is -4.54. The molecule has 1 aliphatic heterocycles. The van der Waals surface area contributed by atoms with Crippen LogP contribution < -0.4 is 10.1 Å². The van der Waals surface area contributed by atoms with Gasteiger partial charge in [0.05, 0.1) is 7.11 Å². The fourth-order valence-electron chi connectivity index (χ4n) is 2.72. The molecule has 0 bridgehead atoms. The van der Waals surface area contributed by atoms with Crippen molar-refractivity contribution in [1.29, 1.82) is 0 Å². The lowest BCUT2D eigenvalue weighted by atomic mass is 9.79. The quantitative estimate of drug-likeness (QED) is 0.929. The number of hydrogen-bond acceptors (Lipinski definition) is 3. The molecule has 1 aliphatic rings. The maximum Gasteiger partial charge on any atom is 0.402 e. The number of halogens is 3. The van der Waals surface area contributed by atoms with Gasteiger partial charge in [0.2, 0.25) is 0 Å². The first kappa shape index (κ1) is 15.8. The molecule has 21 heavy (non-hydrogen) atoms. The van der Waals surface area contributed by atoms with Gasteiger partial charge < -0.3 is 10.1 Å². The number of alkyl halides is 3. The Balaban J connectivity index is 2.30. The Kier molecular flexibility index (Phi) is 4.27. The van der Waals surface area contributed by atoms with Crippen molar-refractivity contribution in [3.05, 3.63) is 29.3 Å².